The number of anilines is 2. The number of nitrogens with two attached hydrogens (primary N) is 2. The minimum Gasteiger partial charge on any atom is -0.527 e. The molecule has 4 N–H and O–H groups in total. The molecule has 0 unspecified atom stereocenters. The highest BCUT2D eigenvalue weighted by Crippen LogP contribution is 2.24. The molecule has 0 saturated heterocycles. The Hall–Kier alpha value is -2.44. The average Bonchev–Trinajstić information content (AvgIpc) is 2.38. The Labute approximate surface area is 109 Å². The molecule has 0 aliphatic rings. The first-order valence-corrected chi connectivity index (χ1v) is 5.42. The quantitative estimate of drug-likeness (QED) is 0.653. The molecule has 0 amide bonds. The first kappa shape index (κ1) is 13.0. The van der Waals surface area contributed by atoms with Gasteiger partial charge in [-0.25, -0.2) is 8.78 Å². The molecule has 0 heterocycles. The van der Waals surface area contributed by atoms with Crippen LogP contribution in [0.5, 0.6) is 11.5 Å². The Balaban J connectivity index is 2.00. The van der Waals surface area contributed by atoms with Crippen LogP contribution >= 0.6 is 0 Å². The van der Waals surface area contributed by atoms with E-state index in [1.165, 1.54) is 24.3 Å². The Bertz CT molecular complexity index is 544. The summed E-state index contributed by atoms with van der Waals surface area (Å²) in [5.41, 5.74) is 11.7. The van der Waals surface area contributed by atoms with E-state index in [0.29, 0.717) is 0 Å². The fraction of sp³-hybridized carbons (Fsp3) is 0. The van der Waals surface area contributed by atoms with E-state index in [-0.39, 0.29) is 30.6 Å². The molecule has 4 nitrogen and oxygen atoms in total. The van der Waals surface area contributed by atoms with E-state index < -0.39 is 11.6 Å². The van der Waals surface area contributed by atoms with Crippen molar-refractivity contribution in [1.82, 2.24) is 0 Å². The fourth-order valence-electron chi connectivity index (χ4n) is 1.42. The number of halogens is 2. The summed E-state index contributed by atoms with van der Waals surface area (Å²) in [6, 6.07) is 7.45. The number of nitrogen functional groups attached to an aromatic ring is 2. The molecule has 19 heavy (non-hydrogen) atoms. The van der Waals surface area contributed by atoms with E-state index in [9.17, 15) is 8.78 Å². The molecule has 7 heteroatoms. The van der Waals surface area contributed by atoms with Crippen LogP contribution in [0.4, 0.5) is 20.2 Å². The van der Waals surface area contributed by atoms with E-state index in [0.717, 1.165) is 12.1 Å². The monoisotopic (exact) mass is 264 g/mol. The lowest BCUT2D eigenvalue weighted by atomic mass is 10.2. The molecule has 2 aromatic carbocycles. The second-order valence-corrected chi connectivity index (χ2v) is 3.77. The SMILES string of the molecule is Nc1ccc(F)cc1OBOc1cc(F)ccc1N. The van der Waals surface area contributed by atoms with Crippen molar-refractivity contribution >= 4 is 19.1 Å². The molecule has 0 aromatic heterocycles. The lowest BCUT2D eigenvalue weighted by molar-refractivity contribution is 0.456. The molecule has 0 spiro atoms. The van der Waals surface area contributed by atoms with E-state index in [1.807, 2.05) is 0 Å². The lowest BCUT2D eigenvalue weighted by Crippen LogP contribution is -2.13. The van der Waals surface area contributed by atoms with E-state index in [1.54, 1.807) is 0 Å². The summed E-state index contributed by atoms with van der Waals surface area (Å²) in [6.45, 7) is 0. The third-order valence-corrected chi connectivity index (χ3v) is 2.38. The number of hydrogen-bond acceptors (Lipinski definition) is 4. The van der Waals surface area contributed by atoms with E-state index in [4.69, 9.17) is 20.8 Å². The smallest absolute Gasteiger partial charge is 0.527 e. The van der Waals surface area contributed by atoms with Crippen LogP contribution in [0.2, 0.25) is 0 Å². The first-order valence-electron chi connectivity index (χ1n) is 5.42. The van der Waals surface area contributed by atoms with Crippen LogP contribution in [-0.4, -0.2) is 7.69 Å². The molecular formula is C12H11BF2N2O2. The summed E-state index contributed by atoms with van der Waals surface area (Å²) in [5, 5.41) is 0. The van der Waals surface area contributed by atoms with Gasteiger partial charge in [-0.3, -0.25) is 0 Å². The Kier molecular flexibility index (Phi) is 3.75. The van der Waals surface area contributed by atoms with E-state index in [2.05, 4.69) is 0 Å². The third kappa shape index (κ3) is 3.28. The molecule has 0 bridgehead atoms. The fourth-order valence-corrected chi connectivity index (χ4v) is 1.42. The van der Waals surface area contributed by atoms with Crippen molar-refractivity contribution in [3.05, 3.63) is 48.0 Å². The van der Waals surface area contributed by atoms with Crippen molar-refractivity contribution in [2.75, 3.05) is 11.5 Å². The maximum atomic E-state index is 13.0. The van der Waals surface area contributed by atoms with E-state index >= 15 is 0 Å². The molecule has 0 radical (unpaired) electrons. The van der Waals surface area contributed by atoms with Gasteiger partial charge in [-0.15, -0.1) is 0 Å². The van der Waals surface area contributed by atoms with Gasteiger partial charge in [0.15, 0.2) is 0 Å². The van der Waals surface area contributed by atoms with Gasteiger partial charge >= 0.3 is 7.69 Å². The third-order valence-electron chi connectivity index (χ3n) is 2.38. The molecule has 0 saturated carbocycles. The highest BCUT2D eigenvalue weighted by Gasteiger charge is 2.07. The predicted octanol–water partition coefficient (Wildman–Crippen LogP) is 1.85. The highest BCUT2D eigenvalue weighted by molar-refractivity contribution is 6.21. The van der Waals surface area contributed by atoms with Gasteiger partial charge in [0.1, 0.15) is 23.1 Å². The van der Waals surface area contributed by atoms with Gasteiger partial charge in [-0.05, 0) is 24.3 Å². The predicted molar refractivity (Wildman–Crippen MR) is 70.0 cm³/mol. The Morgan fingerprint density at radius 1 is 0.789 bits per heavy atom. The molecule has 2 rings (SSSR count). The van der Waals surface area contributed by atoms with Gasteiger partial charge in [-0.1, -0.05) is 0 Å². The van der Waals surface area contributed by atoms with Crippen LogP contribution in [0.15, 0.2) is 36.4 Å². The Morgan fingerprint density at radius 2 is 1.21 bits per heavy atom. The zero-order valence-corrected chi connectivity index (χ0v) is 9.90. The summed E-state index contributed by atoms with van der Waals surface area (Å²) in [7, 11) is -0.263. The van der Waals surface area contributed by atoms with Crippen molar-refractivity contribution in [3.63, 3.8) is 0 Å². The average molecular weight is 264 g/mol. The van der Waals surface area contributed by atoms with Crippen molar-refractivity contribution in [1.29, 1.82) is 0 Å². The zero-order chi connectivity index (χ0) is 13.8. The summed E-state index contributed by atoms with van der Waals surface area (Å²) < 4.78 is 36.2. The van der Waals surface area contributed by atoms with Crippen LogP contribution in [0.1, 0.15) is 0 Å². The molecule has 98 valence electrons. The second kappa shape index (κ2) is 5.47. The minimum atomic E-state index is -0.477. The lowest BCUT2D eigenvalue weighted by Gasteiger charge is -2.11. The van der Waals surface area contributed by atoms with Crippen molar-refractivity contribution < 1.29 is 18.1 Å². The van der Waals surface area contributed by atoms with Gasteiger partial charge in [0.05, 0.1) is 11.4 Å². The maximum absolute atomic E-state index is 13.0. The first-order chi connectivity index (χ1) is 9.06. The van der Waals surface area contributed by atoms with Crippen LogP contribution in [0, 0.1) is 11.6 Å². The zero-order valence-electron chi connectivity index (χ0n) is 9.90. The van der Waals surface area contributed by atoms with Gasteiger partial charge in [0.25, 0.3) is 0 Å². The number of benzene rings is 2. The Morgan fingerprint density at radius 3 is 1.63 bits per heavy atom. The number of rotatable bonds is 4. The topological polar surface area (TPSA) is 70.5 Å². The van der Waals surface area contributed by atoms with Gasteiger partial charge < -0.3 is 20.8 Å². The molecule has 0 aliphatic carbocycles. The van der Waals surface area contributed by atoms with Crippen LogP contribution < -0.4 is 20.8 Å². The maximum Gasteiger partial charge on any atom is 0.576 e. The normalized spacial score (nSPS) is 10.0. The number of hydrogen-bond donors (Lipinski definition) is 2. The summed E-state index contributed by atoms with van der Waals surface area (Å²) in [6.07, 6.45) is 0. The molecule has 2 aromatic rings. The molecule has 0 aliphatic heterocycles. The van der Waals surface area contributed by atoms with Crippen LogP contribution in [0.25, 0.3) is 0 Å². The van der Waals surface area contributed by atoms with Gasteiger partial charge in [0, 0.05) is 12.1 Å². The molecular weight excluding hydrogens is 253 g/mol. The van der Waals surface area contributed by atoms with Crippen LogP contribution in [-0.2, 0) is 0 Å². The molecule has 0 fully saturated rings. The summed E-state index contributed by atoms with van der Waals surface area (Å²) in [4.78, 5) is 0. The standard InChI is InChI=1S/C12H11BF2N2O2/c14-7-1-3-9(16)11(5-7)18-13-19-12-6-8(15)2-4-10(12)17/h1-6,13H,16-17H2. The summed E-state index contributed by atoms with van der Waals surface area (Å²) >= 11 is 0. The second-order valence-electron chi connectivity index (χ2n) is 3.77. The summed E-state index contributed by atoms with van der Waals surface area (Å²) in [5.74, 6) is -0.658. The highest BCUT2D eigenvalue weighted by atomic mass is 19.1. The largest absolute Gasteiger partial charge is 0.576 e. The van der Waals surface area contributed by atoms with Crippen LogP contribution in [0.3, 0.4) is 0 Å². The van der Waals surface area contributed by atoms with Crippen molar-refractivity contribution in [2.24, 2.45) is 0 Å². The van der Waals surface area contributed by atoms with Crippen molar-refractivity contribution in [2.45, 2.75) is 0 Å². The van der Waals surface area contributed by atoms with Gasteiger partial charge in [-0.2, -0.15) is 0 Å². The van der Waals surface area contributed by atoms with Gasteiger partial charge in [0.2, 0.25) is 0 Å². The minimum absolute atomic E-state index is 0.148. The van der Waals surface area contributed by atoms with Crippen molar-refractivity contribution in [3.8, 4) is 11.5 Å². The molecule has 0 atom stereocenters.